The Morgan fingerprint density at radius 3 is 2.92 bits per heavy atom. The van der Waals surface area contributed by atoms with Crippen LogP contribution >= 0.6 is 11.3 Å². The maximum Gasteiger partial charge on any atom is 0.228 e. The molecule has 2 aromatic rings. The molecular formula is C17H20N4O3S. The van der Waals surface area contributed by atoms with Crippen LogP contribution in [-0.4, -0.2) is 41.8 Å². The Bertz CT molecular complexity index is 735. The van der Waals surface area contributed by atoms with Gasteiger partial charge in [-0.2, -0.15) is 0 Å². The lowest BCUT2D eigenvalue weighted by Crippen LogP contribution is -2.24. The molecule has 0 radical (unpaired) electrons. The Labute approximate surface area is 150 Å². The molecule has 0 spiro atoms. The molecule has 1 aromatic carbocycles. The number of carbonyl (C=O) groups excluding carboxylic acids is 2. The topological polar surface area (TPSA) is 84.4 Å². The minimum Gasteiger partial charge on any atom is -0.381 e. The Kier molecular flexibility index (Phi) is 5.72. The van der Waals surface area contributed by atoms with Gasteiger partial charge >= 0.3 is 0 Å². The van der Waals surface area contributed by atoms with E-state index >= 15 is 0 Å². The van der Waals surface area contributed by atoms with E-state index in [9.17, 15) is 9.59 Å². The molecular weight excluding hydrogens is 340 g/mol. The lowest BCUT2D eigenvalue weighted by atomic mass is 10.1. The summed E-state index contributed by atoms with van der Waals surface area (Å²) in [4.78, 5) is 25.9. The number of anilines is 2. The highest BCUT2D eigenvalue weighted by Gasteiger charge is 2.33. The van der Waals surface area contributed by atoms with Crippen molar-refractivity contribution in [2.45, 2.75) is 25.7 Å². The molecule has 25 heavy (non-hydrogen) atoms. The van der Waals surface area contributed by atoms with Crippen LogP contribution in [-0.2, 0) is 14.3 Å². The number of nitrogens with one attached hydrogen (secondary N) is 1. The predicted octanol–water partition coefficient (Wildman–Crippen LogP) is 2.42. The van der Waals surface area contributed by atoms with Gasteiger partial charge in [-0.25, -0.2) is 0 Å². The second kappa shape index (κ2) is 8.17. The zero-order valence-corrected chi connectivity index (χ0v) is 14.8. The van der Waals surface area contributed by atoms with E-state index in [0.717, 1.165) is 10.7 Å². The zero-order valence-electron chi connectivity index (χ0n) is 14.0. The molecule has 132 valence electrons. The van der Waals surface area contributed by atoms with E-state index in [4.69, 9.17) is 4.74 Å². The number of hydrogen-bond acceptors (Lipinski definition) is 6. The van der Waals surface area contributed by atoms with Gasteiger partial charge in [0.1, 0.15) is 5.01 Å². The average molecular weight is 360 g/mol. The van der Waals surface area contributed by atoms with Crippen molar-refractivity contribution in [3.05, 3.63) is 35.3 Å². The fourth-order valence-corrected chi connectivity index (χ4v) is 3.52. The summed E-state index contributed by atoms with van der Waals surface area (Å²) in [5, 5.41) is 12.1. The molecule has 8 heteroatoms. The first-order chi connectivity index (χ1) is 12.2. The van der Waals surface area contributed by atoms with E-state index in [1.54, 1.807) is 4.90 Å². The van der Waals surface area contributed by atoms with Crippen molar-refractivity contribution in [2.24, 2.45) is 0 Å². The first-order valence-electron chi connectivity index (χ1n) is 8.23. The van der Waals surface area contributed by atoms with Crippen molar-refractivity contribution in [1.82, 2.24) is 10.2 Å². The fourth-order valence-electron chi connectivity index (χ4n) is 2.67. The van der Waals surface area contributed by atoms with Crippen molar-refractivity contribution in [3.8, 4) is 0 Å². The summed E-state index contributed by atoms with van der Waals surface area (Å²) < 4.78 is 5.16. The third-order valence-electron chi connectivity index (χ3n) is 3.91. The third kappa shape index (κ3) is 4.40. The van der Waals surface area contributed by atoms with Gasteiger partial charge in [0.25, 0.3) is 0 Å². The van der Waals surface area contributed by atoms with Crippen molar-refractivity contribution < 1.29 is 14.3 Å². The molecule has 0 bridgehead atoms. The molecule has 1 fully saturated rings. The van der Waals surface area contributed by atoms with Crippen LogP contribution in [0.4, 0.5) is 10.8 Å². The van der Waals surface area contributed by atoms with E-state index in [-0.39, 0.29) is 24.2 Å². The zero-order chi connectivity index (χ0) is 17.6. The van der Waals surface area contributed by atoms with Gasteiger partial charge in [0.2, 0.25) is 16.9 Å². The molecule has 1 aromatic heterocycles. The van der Waals surface area contributed by atoms with Gasteiger partial charge in [0.05, 0.1) is 13.0 Å². The molecule has 3 rings (SSSR count). The van der Waals surface area contributed by atoms with E-state index in [0.29, 0.717) is 31.3 Å². The van der Waals surface area contributed by atoms with Crippen LogP contribution in [0.15, 0.2) is 30.3 Å². The minimum atomic E-state index is -0.149. The van der Waals surface area contributed by atoms with Crippen molar-refractivity contribution in [1.29, 1.82) is 0 Å². The molecule has 1 saturated heterocycles. The van der Waals surface area contributed by atoms with Gasteiger partial charge in [-0.3, -0.25) is 9.59 Å². The maximum atomic E-state index is 12.3. The van der Waals surface area contributed by atoms with Crippen molar-refractivity contribution in [3.63, 3.8) is 0 Å². The number of carbonyl (C=O) groups is 2. The SMILES string of the molecule is CCOCCC(=O)Nc1nnc(C2CC(=O)N(c3ccccc3)C2)s1. The quantitative estimate of drug-likeness (QED) is 0.767. The second-order valence-corrected chi connectivity index (χ2v) is 6.69. The molecule has 1 aliphatic heterocycles. The maximum absolute atomic E-state index is 12.3. The summed E-state index contributed by atoms with van der Waals surface area (Å²) in [7, 11) is 0. The minimum absolute atomic E-state index is 0.000664. The molecule has 1 N–H and O–H groups in total. The molecule has 1 unspecified atom stereocenters. The Morgan fingerprint density at radius 2 is 2.16 bits per heavy atom. The number of amides is 2. The fraction of sp³-hybridized carbons (Fsp3) is 0.412. The highest BCUT2D eigenvalue weighted by atomic mass is 32.1. The standard InChI is InChI=1S/C17H20N4O3S/c1-2-24-9-8-14(22)18-17-20-19-16(25-17)12-10-15(23)21(11-12)13-6-4-3-5-7-13/h3-7,12H,2,8-11H2,1H3,(H,18,20,22). The summed E-state index contributed by atoms with van der Waals surface area (Å²) in [6, 6.07) is 9.59. The highest BCUT2D eigenvalue weighted by molar-refractivity contribution is 7.15. The van der Waals surface area contributed by atoms with E-state index in [1.807, 2.05) is 37.3 Å². The second-order valence-electron chi connectivity index (χ2n) is 5.68. The summed E-state index contributed by atoms with van der Waals surface area (Å²) in [6.07, 6.45) is 0.689. The van der Waals surface area contributed by atoms with Gasteiger partial charge in [-0.1, -0.05) is 29.5 Å². The van der Waals surface area contributed by atoms with E-state index in [2.05, 4.69) is 15.5 Å². The van der Waals surface area contributed by atoms with Crippen LogP contribution in [0.5, 0.6) is 0 Å². The van der Waals surface area contributed by atoms with Gasteiger partial charge in [-0.05, 0) is 19.1 Å². The highest BCUT2D eigenvalue weighted by Crippen LogP contribution is 2.34. The van der Waals surface area contributed by atoms with Crippen LogP contribution in [0.3, 0.4) is 0 Å². The first kappa shape index (κ1) is 17.5. The molecule has 7 nitrogen and oxygen atoms in total. The Hall–Kier alpha value is -2.32. The van der Waals surface area contributed by atoms with Crippen LogP contribution in [0.2, 0.25) is 0 Å². The van der Waals surface area contributed by atoms with Crippen LogP contribution < -0.4 is 10.2 Å². The number of hydrogen-bond donors (Lipinski definition) is 1. The first-order valence-corrected chi connectivity index (χ1v) is 9.05. The molecule has 0 saturated carbocycles. The number of benzene rings is 1. The normalized spacial score (nSPS) is 17.1. The van der Waals surface area contributed by atoms with Gasteiger partial charge in [0.15, 0.2) is 0 Å². The monoisotopic (exact) mass is 360 g/mol. The van der Waals surface area contributed by atoms with Crippen molar-refractivity contribution >= 4 is 34.0 Å². The van der Waals surface area contributed by atoms with E-state index in [1.165, 1.54) is 11.3 Å². The summed E-state index contributed by atoms with van der Waals surface area (Å²) in [6.45, 7) is 3.44. The lowest BCUT2D eigenvalue weighted by molar-refractivity contribution is -0.118. The van der Waals surface area contributed by atoms with E-state index < -0.39 is 0 Å². The number of nitrogens with zero attached hydrogens (tertiary/aromatic N) is 3. The summed E-state index contributed by atoms with van der Waals surface area (Å²) in [5.74, 6) is -0.0717. The average Bonchev–Trinajstić information content (AvgIpc) is 3.22. The largest absolute Gasteiger partial charge is 0.381 e. The molecule has 1 atom stereocenters. The van der Waals surface area contributed by atoms with Crippen LogP contribution in [0.25, 0.3) is 0 Å². The Balaban J connectivity index is 1.59. The third-order valence-corrected chi connectivity index (χ3v) is 4.91. The van der Waals surface area contributed by atoms with Gasteiger partial charge < -0.3 is 15.0 Å². The molecule has 1 aliphatic rings. The molecule has 2 amide bonds. The van der Waals surface area contributed by atoms with Crippen LogP contribution in [0, 0.1) is 0 Å². The van der Waals surface area contributed by atoms with Crippen LogP contribution in [0.1, 0.15) is 30.7 Å². The molecule has 0 aliphatic carbocycles. The molecule has 2 heterocycles. The lowest BCUT2D eigenvalue weighted by Gasteiger charge is -2.15. The summed E-state index contributed by atoms with van der Waals surface area (Å²) >= 11 is 1.32. The van der Waals surface area contributed by atoms with Gasteiger partial charge in [-0.15, -0.1) is 10.2 Å². The number of para-hydroxylation sites is 1. The number of rotatable bonds is 7. The summed E-state index contributed by atoms with van der Waals surface area (Å²) in [5.41, 5.74) is 0.893. The Morgan fingerprint density at radius 1 is 1.36 bits per heavy atom. The predicted molar refractivity (Wildman–Crippen MR) is 95.8 cm³/mol. The van der Waals surface area contributed by atoms with Gasteiger partial charge in [0, 0.05) is 31.2 Å². The number of ether oxygens (including phenoxy) is 1. The van der Waals surface area contributed by atoms with Crippen molar-refractivity contribution in [2.75, 3.05) is 30.0 Å². The number of aromatic nitrogens is 2. The smallest absolute Gasteiger partial charge is 0.228 e.